The second-order valence-electron chi connectivity index (χ2n) is 6.41. The zero-order valence-corrected chi connectivity index (χ0v) is 18.0. The summed E-state index contributed by atoms with van der Waals surface area (Å²) < 4.78 is 26.5. The summed E-state index contributed by atoms with van der Waals surface area (Å²) in [6.07, 6.45) is 1.38. The maximum absolute atomic E-state index is 13.3. The molecule has 2 aromatic carbocycles. The van der Waals surface area contributed by atoms with Crippen LogP contribution >= 0.6 is 24.0 Å². The SMILES string of the molecule is Cl.Fc1ccc(Nc2nc(NCc3ccnc(F)c3)nc(Nc3ccc(Cl)cc3)n2)cc1. The molecule has 4 aromatic rings. The number of nitrogens with one attached hydrogen (secondary N) is 3. The molecule has 0 atom stereocenters. The molecule has 0 saturated heterocycles. The first-order chi connectivity index (χ1) is 15.0. The van der Waals surface area contributed by atoms with Gasteiger partial charge in [0.05, 0.1) is 0 Å². The van der Waals surface area contributed by atoms with Gasteiger partial charge in [0.25, 0.3) is 0 Å². The lowest BCUT2D eigenvalue weighted by molar-refractivity contribution is 0.581. The van der Waals surface area contributed by atoms with Crippen LogP contribution in [0.3, 0.4) is 0 Å². The van der Waals surface area contributed by atoms with Gasteiger partial charge in [0.15, 0.2) is 0 Å². The van der Waals surface area contributed by atoms with E-state index in [-0.39, 0.29) is 42.6 Å². The van der Waals surface area contributed by atoms with Crippen LogP contribution in [-0.4, -0.2) is 19.9 Å². The van der Waals surface area contributed by atoms with Crippen LogP contribution in [0.1, 0.15) is 5.56 Å². The molecule has 2 heterocycles. The van der Waals surface area contributed by atoms with Crippen molar-refractivity contribution >= 4 is 53.2 Å². The second kappa shape index (κ2) is 10.7. The van der Waals surface area contributed by atoms with Crippen molar-refractivity contribution in [3.8, 4) is 0 Å². The highest BCUT2D eigenvalue weighted by Crippen LogP contribution is 2.20. The van der Waals surface area contributed by atoms with Crippen molar-refractivity contribution in [2.75, 3.05) is 16.0 Å². The van der Waals surface area contributed by atoms with E-state index in [4.69, 9.17) is 11.6 Å². The zero-order valence-electron chi connectivity index (χ0n) is 16.4. The third kappa shape index (κ3) is 6.47. The quantitative estimate of drug-likeness (QED) is 0.294. The molecule has 0 spiro atoms. The van der Waals surface area contributed by atoms with Crippen LogP contribution in [-0.2, 0) is 6.54 Å². The molecule has 0 bridgehead atoms. The Morgan fingerprint density at radius 3 is 1.91 bits per heavy atom. The molecule has 4 rings (SSSR count). The normalized spacial score (nSPS) is 10.2. The van der Waals surface area contributed by atoms with E-state index in [1.807, 2.05) is 0 Å². The molecule has 32 heavy (non-hydrogen) atoms. The number of hydrogen-bond donors (Lipinski definition) is 3. The van der Waals surface area contributed by atoms with Gasteiger partial charge in [-0.1, -0.05) is 11.6 Å². The topological polar surface area (TPSA) is 87.7 Å². The number of halogens is 4. The molecule has 0 amide bonds. The summed E-state index contributed by atoms with van der Waals surface area (Å²) in [4.78, 5) is 16.6. The molecule has 164 valence electrons. The highest BCUT2D eigenvalue weighted by molar-refractivity contribution is 6.30. The van der Waals surface area contributed by atoms with E-state index in [0.717, 1.165) is 5.69 Å². The van der Waals surface area contributed by atoms with Crippen molar-refractivity contribution < 1.29 is 8.78 Å². The van der Waals surface area contributed by atoms with Crippen molar-refractivity contribution in [2.45, 2.75) is 6.54 Å². The second-order valence-corrected chi connectivity index (χ2v) is 6.85. The number of anilines is 5. The third-order valence-corrected chi connectivity index (χ3v) is 4.33. The molecule has 0 aliphatic carbocycles. The van der Waals surface area contributed by atoms with Crippen molar-refractivity contribution in [3.63, 3.8) is 0 Å². The van der Waals surface area contributed by atoms with Gasteiger partial charge in [-0.05, 0) is 66.2 Å². The standard InChI is InChI=1S/C21H16ClF2N7.ClH/c22-14-1-5-16(6-2-14)27-20-29-19(26-12-13-9-10-25-18(24)11-13)30-21(31-20)28-17-7-3-15(23)4-8-17;/h1-11H,12H2,(H3,26,27,28,29,30,31);1H. The van der Waals surface area contributed by atoms with Crippen LogP contribution in [0, 0.1) is 11.8 Å². The fourth-order valence-electron chi connectivity index (χ4n) is 2.63. The minimum atomic E-state index is -0.571. The Morgan fingerprint density at radius 2 is 1.31 bits per heavy atom. The van der Waals surface area contributed by atoms with Crippen molar-refractivity contribution in [3.05, 3.63) is 89.2 Å². The van der Waals surface area contributed by atoms with E-state index in [1.54, 1.807) is 42.5 Å². The summed E-state index contributed by atoms with van der Waals surface area (Å²) in [5.41, 5.74) is 2.01. The molecule has 7 nitrogen and oxygen atoms in total. The Bertz CT molecular complexity index is 1110. The number of pyridine rings is 1. The van der Waals surface area contributed by atoms with E-state index in [1.165, 1.54) is 24.4 Å². The predicted octanol–water partition coefficient (Wildman–Crippen LogP) is 5.72. The molecular formula is C21H17Cl2F2N7. The van der Waals surface area contributed by atoms with Gasteiger partial charge in [0.1, 0.15) is 5.82 Å². The number of rotatable bonds is 7. The van der Waals surface area contributed by atoms with Crippen LogP contribution in [0.2, 0.25) is 5.02 Å². The van der Waals surface area contributed by atoms with E-state index in [9.17, 15) is 8.78 Å². The number of nitrogens with zero attached hydrogens (tertiary/aromatic N) is 4. The summed E-state index contributed by atoms with van der Waals surface area (Å²) in [7, 11) is 0. The Balaban J connectivity index is 0.00000289. The van der Waals surface area contributed by atoms with Gasteiger partial charge < -0.3 is 16.0 Å². The first kappa shape index (κ1) is 23.1. The third-order valence-electron chi connectivity index (χ3n) is 4.08. The van der Waals surface area contributed by atoms with Crippen molar-refractivity contribution in [2.24, 2.45) is 0 Å². The van der Waals surface area contributed by atoms with Gasteiger partial charge in [-0.15, -0.1) is 12.4 Å². The Labute approximate surface area is 193 Å². The minimum absolute atomic E-state index is 0. The van der Waals surface area contributed by atoms with Crippen molar-refractivity contribution in [1.82, 2.24) is 19.9 Å². The van der Waals surface area contributed by atoms with Crippen LogP contribution in [0.15, 0.2) is 66.9 Å². The van der Waals surface area contributed by atoms with Crippen molar-refractivity contribution in [1.29, 1.82) is 0 Å². The summed E-state index contributed by atoms with van der Waals surface area (Å²) in [5, 5.41) is 9.74. The molecule has 0 fully saturated rings. The molecule has 11 heteroatoms. The number of aromatic nitrogens is 4. The smallest absolute Gasteiger partial charge is 0.233 e. The first-order valence-electron chi connectivity index (χ1n) is 9.19. The van der Waals surface area contributed by atoms with Gasteiger partial charge >= 0.3 is 0 Å². The number of benzene rings is 2. The van der Waals surface area contributed by atoms with Gasteiger partial charge in [-0.2, -0.15) is 19.3 Å². The maximum Gasteiger partial charge on any atom is 0.233 e. The molecule has 0 saturated carbocycles. The first-order valence-corrected chi connectivity index (χ1v) is 9.57. The Morgan fingerprint density at radius 1 is 0.750 bits per heavy atom. The lowest BCUT2D eigenvalue weighted by Gasteiger charge is -2.11. The average molecular weight is 476 g/mol. The van der Waals surface area contributed by atoms with Gasteiger partial charge in [0, 0.05) is 29.1 Å². The summed E-state index contributed by atoms with van der Waals surface area (Å²) >= 11 is 5.93. The lowest BCUT2D eigenvalue weighted by atomic mass is 10.3. The fourth-order valence-corrected chi connectivity index (χ4v) is 2.75. The average Bonchev–Trinajstić information content (AvgIpc) is 2.76. The van der Waals surface area contributed by atoms with Gasteiger partial charge in [-0.25, -0.2) is 9.37 Å². The molecule has 2 aromatic heterocycles. The van der Waals surface area contributed by atoms with Crippen LogP contribution in [0.5, 0.6) is 0 Å². The maximum atomic E-state index is 13.3. The monoisotopic (exact) mass is 475 g/mol. The van der Waals surface area contributed by atoms with Crippen LogP contribution in [0.4, 0.5) is 38.0 Å². The predicted molar refractivity (Wildman–Crippen MR) is 123 cm³/mol. The van der Waals surface area contributed by atoms with Gasteiger partial charge in [0.2, 0.25) is 23.8 Å². The molecule has 3 N–H and O–H groups in total. The highest BCUT2D eigenvalue weighted by atomic mass is 35.5. The van der Waals surface area contributed by atoms with E-state index < -0.39 is 5.95 Å². The largest absolute Gasteiger partial charge is 0.350 e. The lowest BCUT2D eigenvalue weighted by Crippen LogP contribution is -2.10. The molecule has 0 aliphatic heterocycles. The van der Waals surface area contributed by atoms with Gasteiger partial charge in [-0.3, -0.25) is 0 Å². The van der Waals surface area contributed by atoms with E-state index in [2.05, 4.69) is 35.9 Å². The molecule has 0 aliphatic rings. The van der Waals surface area contributed by atoms with E-state index in [0.29, 0.717) is 16.3 Å². The Kier molecular flexibility index (Phi) is 7.69. The van der Waals surface area contributed by atoms with Crippen LogP contribution < -0.4 is 16.0 Å². The zero-order chi connectivity index (χ0) is 21.6. The molecular weight excluding hydrogens is 459 g/mol. The fraction of sp³-hybridized carbons (Fsp3) is 0.0476. The minimum Gasteiger partial charge on any atom is -0.350 e. The summed E-state index contributed by atoms with van der Waals surface area (Å²) in [6.45, 7) is 0.278. The van der Waals surface area contributed by atoms with Crippen LogP contribution in [0.25, 0.3) is 0 Å². The van der Waals surface area contributed by atoms with E-state index >= 15 is 0 Å². The Hall–Kier alpha value is -3.56. The summed E-state index contributed by atoms with van der Waals surface area (Å²) in [6, 6.07) is 15.8. The molecule has 0 radical (unpaired) electrons. The molecule has 0 unspecified atom stereocenters. The number of hydrogen-bond acceptors (Lipinski definition) is 7. The summed E-state index contributed by atoms with van der Waals surface area (Å²) in [5.74, 6) is -0.156. The highest BCUT2D eigenvalue weighted by Gasteiger charge is 2.09.